The maximum Gasteiger partial charge on any atom is 0.230 e. The van der Waals surface area contributed by atoms with Gasteiger partial charge in [-0.3, -0.25) is 4.79 Å². The van der Waals surface area contributed by atoms with E-state index in [0.29, 0.717) is 29.8 Å². The number of ether oxygens (including phenoxy) is 3. The van der Waals surface area contributed by atoms with Crippen LogP contribution in [-0.2, 0) is 11.3 Å². The molecule has 164 valence electrons. The molecule has 2 aromatic rings. The highest BCUT2D eigenvalue weighted by atomic mass is 32.2. The zero-order valence-corrected chi connectivity index (χ0v) is 19.2. The molecule has 8 nitrogen and oxygen atoms in total. The van der Waals surface area contributed by atoms with Gasteiger partial charge in [-0.1, -0.05) is 42.4 Å². The lowest BCUT2D eigenvalue weighted by Gasteiger charge is -2.21. The number of benzene rings is 1. The Labute approximate surface area is 185 Å². The number of amides is 1. The number of nitrogens with zero attached hydrogens (tertiary/aromatic N) is 2. The molecule has 1 saturated carbocycles. The van der Waals surface area contributed by atoms with Crippen LogP contribution >= 0.6 is 23.1 Å². The fourth-order valence-corrected chi connectivity index (χ4v) is 5.02. The molecule has 0 unspecified atom stereocenters. The van der Waals surface area contributed by atoms with E-state index in [0.717, 1.165) is 15.0 Å². The molecule has 0 saturated heterocycles. The van der Waals surface area contributed by atoms with Crippen LogP contribution in [-0.4, -0.2) is 49.2 Å². The van der Waals surface area contributed by atoms with Gasteiger partial charge in [0, 0.05) is 12.6 Å². The Balaban J connectivity index is 1.47. The first-order valence-corrected chi connectivity index (χ1v) is 11.7. The minimum atomic E-state index is -0.0780. The summed E-state index contributed by atoms with van der Waals surface area (Å²) < 4.78 is 16.8. The lowest BCUT2D eigenvalue weighted by Crippen LogP contribution is -2.24. The summed E-state index contributed by atoms with van der Waals surface area (Å²) in [5, 5.41) is 15.6. The molecule has 1 heterocycles. The van der Waals surface area contributed by atoms with Gasteiger partial charge >= 0.3 is 0 Å². The van der Waals surface area contributed by atoms with Crippen LogP contribution in [0.5, 0.6) is 17.2 Å². The molecule has 1 aromatic heterocycles. The molecule has 1 fully saturated rings. The number of hydrogen-bond donors (Lipinski definition) is 2. The maximum absolute atomic E-state index is 12.3. The van der Waals surface area contributed by atoms with Gasteiger partial charge in [-0.15, -0.1) is 10.2 Å². The number of anilines is 1. The zero-order valence-electron chi connectivity index (χ0n) is 17.5. The number of methoxy groups -OCH3 is 3. The molecule has 2 N–H and O–H groups in total. The van der Waals surface area contributed by atoms with E-state index in [1.165, 1.54) is 55.2 Å². The fourth-order valence-electron chi connectivity index (χ4n) is 3.36. The monoisotopic (exact) mass is 452 g/mol. The lowest BCUT2D eigenvalue weighted by molar-refractivity contribution is -0.118. The highest BCUT2D eigenvalue weighted by Gasteiger charge is 2.16. The number of thioether (sulfide) groups is 1. The van der Waals surface area contributed by atoms with E-state index in [-0.39, 0.29) is 11.7 Å². The first kappa shape index (κ1) is 22.5. The second-order valence-corrected chi connectivity index (χ2v) is 9.15. The van der Waals surface area contributed by atoms with Crippen LogP contribution in [0.4, 0.5) is 5.13 Å². The lowest BCUT2D eigenvalue weighted by atomic mass is 9.96. The number of carbonyl (C=O) groups is 1. The van der Waals surface area contributed by atoms with Crippen molar-refractivity contribution in [3.8, 4) is 17.2 Å². The van der Waals surface area contributed by atoms with Crippen LogP contribution in [0.1, 0.15) is 37.7 Å². The van der Waals surface area contributed by atoms with E-state index in [9.17, 15) is 4.79 Å². The summed E-state index contributed by atoms with van der Waals surface area (Å²) in [6, 6.07) is 4.14. The molecule has 0 radical (unpaired) electrons. The Morgan fingerprint density at radius 1 is 1.10 bits per heavy atom. The molecule has 1 aliphatic carbocycles. The van der Waals surface area contributed by atoms with Crippen molar-refractivity contribution in [2.45, 2.75) is 49.0 Å². The highest BCUT2D eigenvalue weighted by molar-refractivity contribution is 8.01. The average molecular weight is 453 g/mol. The zero-order chi connectivity index (χ0) is 21.3. The summed E-state index contributed by atoms with van der Waals surface area (Å²) in [4.78, 5) is 12.3. The molecule has 1 aromatic carbocycles. The molecule has 10 heteroatoms. The van der Waals surface area contributed by atoms with Crippen LogP contribution in [0.3, 0.4) is 0 Å². The Morgan fingerprint density at radius 3 is 2.43 bits per heavy atom. The van der Waals surface area contributed by atoms with Crippen LogP contribution < -0.4 is 24.8 Å². The third-order valence-electron chi connectivity index (χ3n) is 4.88. The molecule has 3 rings (SSSR count). The molecule has 30 heavy (non-hydrogen) atoms. The summed E-state index contributed by atoms with van der Waals surface area (Å²) in [6.45, 7) is 0.362. The van der Waals surface area contributed by atoms with Gasteiger partial charge in [0.25, 0.3) is 0 Å². The predicted molar refractivity (Wildman–Crippen MR) is 119 cm³/mol. The minimum Gasteiger partial charge on any atom is -0.493 e. The SMILES string of the molecule is COc1cc(CNC(=O)CSc2nnc(NC3CCCCC3)s2)cc(OC)c1OC. The molecule has 0 bridgehead atoms. The summed E-state index contributed by atoms with van der Waals surface area (Å²) in [6.07, 6.45) is 6.23. The molecule has 1 amide bonds. The first-order chi connectivity index (χ1) is 14.6. The summed E-state index contributed by atoms with van der Waals surface area (Å²) in [7, 11) is 4.69. The molecular formula is C20H28N4O4S2. The van der Waals surface area contributed by atoms with Crippen molar-refractivity contribution in [3.05, 3.63) is 17.7 Å². The fraction of sp³-hybridized carbons (Fsp3) is 0.550. The normalized spacial score (nSPS) is 14.2. The molecule has 0 spiro atoms. The number of rotatable bonds is 10. The van der Waals surface area contributed by atoms with Crippen molar-refractivity contribution in [2.24, 2.45) is 0 Å². The minimum absolute atomic E-state index is 0.0780. The first-order valence-electron chi connectivity index (χ1n) is 9.91. The third kappa shape index (κ3) is 6.15. The van der Waals surface area contributed by atoms with Crippen LogP contribution in [0, 0.1) is 0 Å². The number of hydrogen-bond acceptors (Lipinski definition) is 9. The standard InChI is InChI=1S/C20H28N4O4S2/c1-26-15-9-13(10-16(27-2)18(15)28-3)11-21-17(25)12-29-20-24-23-19(30-20)22-14-7-5-4-6-8-14/h9-10,14H,4-8,11-12H2,1-3H3,(H,21,25)(H,22,23). The smallest absolute Gasteiger partial charge is 0.230 e. The second kappa shape index (κ2) is 11.3. The molecule has 0 atom stereocenters. The van der Waals surface area contributed by atoms with Crippen molar-refractivity contribution in [2.75, 3.05) is 32.4 Å². The van der Waals surface area contributed by atoms with Crippen LogP contribution in [0.2, 0.25) is 0 Å². The van der Waals surface area contributed by atoms with Gasteiger partial charge in [0.2, 0.25) is 16.8 Å². The Hall–Kier alpha value is -2.20. The van der Waals surface area contributed by atoms with E-state index in [2.05, 4.69) is 20.8 Å². The number of aromatic nitrogens is 2. The van der Waals surface area contributed by atoms with Gasteiger partial charge in [-0.2, -0.15) is 0 Å². The maximum atomic E-state index is 12.3. The van der Waals surface area contributed by atoms with Gasteiger partial charge in [0.15, 0.2) is 15.8 Å². The summed E-state index contributed by atoms with van der Waals surface area (Å²) in [5.41, 5.74) is 0.859. The van der Waals surface area contributed by atoms with E-state index < -0.39 is 0 Å². The van der Waals surface area contributed by atoms with Gasteiger partial charge in [0.05, 0.1) is 27.1 Å². The van der Waals surface area contributed by atoms with Gasteiger partial charge in [0.1, 0.15) is 0 Å². The van der Waals surface area contributed by atoms with Crippen LogP contribution in [0.25, 0.3) is 0 Å². The van der Waals surface area contributed by atoms with E-state index in [1.807, 2.05) is 12.1 Å². The Kier molecular flexibility index (Phi) is 8.44. The Bertz CT molecular complexity index is 815. The molecule has 0 aliphatic heterocycles. The van der Waals surface area contributed by atoms with E-state index >= 15 is 0 Å². The number of nitrogens with one attached hydrogen (secondary N) is 2. The third-order valence-corrected chi connectivity index (χ3v) is 6.87. The Morgan fingerprint density at radius 2 is 1.80 bits per heavy atom. The summed E-state index contributed by atoms with van der Waals surface area (Å²) >= 11 is 2.89. The van der Waals surface area contributed by atoms with Crippen molar-refractivity contribution in [1.82, 2.24) is 15.5 Å². The highest BCUT2D eigenvalue weighted by Crippen LogP contribution is 2.38. The predicted octanol–water partition coefficient (Wildman–Crippen LogP) is 3.72. The topological polar surface area (TPSA) is 94.6 Å². The largest absolute Gasteiger partial charge is 0.493 e. The summed E-state index contributed by atoms with van der Waals surface area (Å²) in [5.74, 6) is 1.85. The van der Waals surface area contributed by atoms with E-state index in [1.54, 1.807) is 21.3 Å². The number of carbonyl (C=O) groups excluding carboxylic acids is 1. The van der Waals surface area contributed by atoms with E-state index in [4.69, 9.17) is 14.2 Å². The average Bonchev–Trinajstić information content (AvgIpc) is 3.23. The van der Waals surface area contributed by atoms with Crippen molar-refractivity contribution in [1.29, 1.82) is 0 Å². The van der Waals surface area contributed by atoms with Crippen LogP contribution in [0.15, 0.2) is 16.5 Å². The quantitative estimate of drug-likeness (QED) is 0.527. The van der Waals surface area contributed by atoms with Crippen molar-refractivity contribution < 1.29 is 19.0 Å². The van der Waals surface area contributed by atoms with Gasteiger partial charge in [-0.05, 0) is 30.5 Å². The van der Waals surface area contributed by atoms with Crippen molar-refractivity contribution in [3.63, 3.8) is 0 Å². The van der Waals surface area contributed by atoms with Gasteiger partial charge < -0.3 is 24.8 Å². The van der Waals surface area contributed by atoms with Gasteiger partial charge in [-0.25, -0.2) is 0 Å². The van der Waals surface area contributed by atoms with Crippen molar-refractivity contribution >= 4 is 34.1 Å². The molecule has 1 aliphatic rings. The second-order valence-electron chi connectivity index (χ2n) is 6.95. The molecular weight excluding hydrogens is 424 g/mol.